The van der Waals surface area contributed by atoms with E-state index < -0.39 is 0 Å². The summed E-state index contributed by atoms with van der Waals surface area (Å²) in [6.07, 6.45) is 5.33. The van der Waals surface area contributed by atoms with E-state index in [1.54, 1.807) is 0 Å². The van der Waals surface area contributed by atoms with Gasteiger partial charge in [-0.05, 0) is 37.3 Å². The molecule has 0 saturated carbocycles. The van der Waals surface area contributed by atoms with Crippen LogP contribution < -0.4 is 10.2 Å². The van der Waals surface area contributed by atoms with Gasteiger partial charge in [-0.25, -0.2) is 4.98 Å². The fourth-order valence-electron chi connectivity index (χ4n) is 3.66. The number of nitrogens with one attached hydrogen (secondary N) is 1. The fraction of sp³-hybridized carbons (Fsp3) is 0.615. The van der Waals surface area contributed by atoms with Crippen molar-refractivity contribution in [3.8, 4) is 0 Å². The van der Waals surface area contributed by atoms with Gasteiger partial charge in [0.05, 0.1) is 0 Å². The van der Waals surface area contributed by atoms with E-state index in [1.807, 2.05) is 0 Å². The second kappa shape index (κ2) is 3.59. The van der Waals surface area contributed by atoms with Gasteiger partial charge >= 0.3 is 0 Å². The van der Waals surface area contributed by atoms with Crippen molar-refractivity contribution < 1.29 is 0 Å². The summed E-state index contributed by atoms with van der Waals surface area (Å²) in [6, 6.07) is 3.68. The van der Waals surface area contributed by atoms with Gasteiger partial charge in [-0.3, -0.25) is 0 Å². The standard InChI is InChI=1S/C13H16ClN3/c14-13-11-7-15-6-8(11)5-12(16-13)17-9-1-2-10(17)4-3-9/h5,9-10,15H,1-4,6-7H2. The molecular weight excluding hydrogens is 234 g/mol. The van der Waals surface area contributed by atoms with Crippen LogP contribution >= 0.6 is 11.6 Å². The molecule has 4 heterocycles. The van der Waals surface area contributed by atoms with Crippen LogP contribution in [0.5, 0.6) is 0 Å². The lowest BCUT2D eigenvalue weighted by molar-refractivity contribution is 0.576. The third-order valence-electron chi connectivity index (χ3n) is 4.49. The normalized spacial score (nSPS) is 30.1. The maximum absolute atomic E-state index is 6.29. The Bertz CT molecular complexity index is 454. The Balaban J connectivity index is 1.77. The second-order valence-corrected chi connectivity index (χ2v) is 5.74. The zero-order valence-corrected chi connectivity index (χ0v) is 10.5. The number of rotatable bonds is 1. The maximum Gasteiger partial charge on any atom is 0.136 e. The van der Waals surface area contributed by atoms with E-state index in [0.29, 0.717) is 5.15 Å². The lowest BCUT2D eigenvalue weighted by Crippen LogP contribution is -2.29. The minimum atomic E-state index is 0.703. The average Bonchev–Trinajstić information content (AvgIpc) is 3.03. The lowest BCUT2D eigenvalue weighted by Gasteiger charge is -2.24. The van der Waals surface area contributed by atoms with Gasteiger partial charge in [0.15, 0.2) is 0 Å². The van der Waals surface area contributed by atoms with Crippen LogP contribution in [-0.2, 0) is 13.1 Å². The van der Waals surface area contributed by atoms with Gasteiger partial charge < -0.3 is 10.2 Å². The molecule has 1 aromatic heterocycles. The summed E-state index contributed by atoms with van der Waals surface area (Å²) in [5, 5.41) is 4.04. The topological polar surface area (TPSA) is 28.2 Å². The molecular formula is C13H16ClN3. The molecule has 2 fully saturated rings. The molecule has 0 aromatic carbocycles. The van der Waals surface area contributed by atoms with Crippen molar-refractivity contribution in [1.29, 1.82) is 0 Å². The van der Waals surface area contributed by atoms with Crippen LogP contribution in [0.3, 0.4) is 0 Å². The molecule has 3 aliphatic rings. The van der Waals surface area contributed by atoms with Gasteiger partial charge in [-0.15, -0.1) is 0 Å². The molecule has 3 nitrogen and oxygen atoms in total. The van der Waals surface area contributed by atoms with Crippen molar-refractivity contribution in [3.63, 3.8) is 0 Å². The Kier molecular flexibility index (Phi) is 2.15. The van der Waals surface area contributed by atoms with Crippen LogP contribution in [0.15, 0.2) is 6.07 Å². The first kappa shape index (κ1) is 10.2. The smallest absolute Gasteiger partial charge is 0.136 e. The lowest BCUT2D eigenvalue weighted by atomic mass is 10.0. The minimum Gasteiger partial charge on any atom is -0.351 e. The molecule has 17 heavy (non-hydrogen) atoms. The molecule has 1 N–H and O–H groups in total. The molecule has 0 amide bonds. The minimum absolute atomic E-state index is 0.703. The highest BCUT2D eigenvalue weighted by Gasteiger charge is 2.40. The number of halogens is 1. The largest absolute Gasteiger partial charge is 0.351 e. The zero-order chi connectivity index (χ0) is 11.4. The molecule has 0 atom stereocenters. The molecule has 2 saturated heterocycles. The van der Waals surface area contributed by atoms with Crippen LogP contribution in [0, 0.1) is 0 Å². The first-order valence-corrected chi connectivity index (χ1v) is 6.88. The van der Waals surface area contributed by atoms with Crippen molar-refractivity contribution in [1.82, 2.24) is 10.3 Å². The maximum atomic E-state index is 6.29. The van der Waals surface area contributed by atoms with E-state index in [9.17, 15) is 0 Å². The molecule has 2 bridgehead atoms. The summed E-state index contributed by atoms with van der Waals surface area (Å²) in [6.45, 7) is 1.81. The third kappa shape index (κ3) is 1.42. The fourth-order valence-corrected chi connectivity index (χ4v) is 3.94. The van der Waals surface area contributed by atoms with Crippen LogP contribution in [0.4, 0.5) is 5.82 Å². The second-order valence-electron chi connectivity index (χ2n) is 5.38. The van der Waals surface area contributed by atoms with E-state index in [0.717, 1.165) is 31.0 Å². The number of hydrogen-bond acceptors (Lipinski definition) is 3. The molecule has 4 heteroatoms. The van der Waals surface area contributed by atoms with Crippen LogP contribution in [-0.4, -0.2) is 17.1 Å². The average molecular weight is 250 g/mol. The first-order chi connectivity index (χ1) is 8.33. The van der Waals surface area contributed by atoms with Gasteiger partial charge in [0.25, 0.3) is 0 Å². The Labute approximate surface area is 106 Å². The van der Waals surface area contributed by atoms with Crippen molar-refractivity contribution in [3.05, 3.63) is 22.3 Å². The summed E-state index contributed by atoms with van der Waals surface area (Å²) in [7, 11) is 0. The zero-order valence-electron chi connectivity index (χ0n) is 9.75. The van der Waals surface area contributed by atoms with Gasteiger partial charge in [0.1, 0.15) is 11.0 Å². The molecule has 0 radical (unpaired) electrons. The van der Waals surface area contributed by atoms with E-state index in [1.165, 1.54) is 36.8 Å². The van der Waals surface area contributed by atoms with Crippen LogP contribution in [0.1, 0.15) is 36.8 Å². The van der Waals surface area contributed by atoms with E-state index >= 15 is 0 Å². The Morgan fingerprint density at radius 1 is 1.18 bits per heavy atom. The van der Waals surface area contributed by atoms with Crippen LogP contribution in [0.2, 0.25) is 5.15 Å². The van der Waals surface area contributed by atoms with Gasteiger partial charge in [-0.1, -0.05) is 11.6 Å². The number of hydrogen-bond donors (Lipinski definition) is 1. The summed E-state index contributed by atoms with van der Waals surface area (Å²) < 4.78 is 0. The SMILES string of the molecule is Clc1nc(N2C3CCC2CC3)cc2c1CNC2. The summed E-state index contributed by atoms with van der Waals surface area (Å²) >= 11 is 6.29. The van der Waals surface area contributed by atoms with E-state index in [-0.39, 0.29) is 0 Å². The van der Waals surface area contributed by atoms with Crippen molar-refractivity contribution in [2.24, 2.45) is 0 Å². The van der Waals surface area contributed by atoms with Crippen LogP contribution in [0.25, 0.3) is 0 Å². The van der Waals surface area contributed by atoms with Gasteiger partial charge in [0.2, 0.25) is 0 Å². The Morgan fingerprint density at radius 3 is 2.59 bits per heavy atom. The van der Waals surface area contributed by atoms with Crippen molar-refractivity contribution >= 4 is 17.4 Å². The van der Waals surface area contributed by atoms with Crippen molar-refractivity contribution in [2.75, 3.05) is 4.90 Å². The summed E-state index contributed by atoms with van der Waals surface area (Å²) in [4.78, 5) is 7.14. The molecule has 3 aliphatic heterocycles. The third-order valence-corrected chi connectivity index (χ3v) is 4.80. The Morgan fingerprint density at radius 2 is 1.88 bits per heavy atom. The first-order valence-electron chi connectivity index (χ1n) is 6.50. The molecule has 90 valence electrons. The number of pyridine rings is 1. The van der Waals surface area contributed by atoms with Crippen molar-refractivity contribution in [2.45, 2.75) is 50.9 Å². The van der Waals surface area contributed by atoms with Gasteiger partial charge in [0, 0.05) is 30.7 Å². The molecule has 0 spiro atoms. The number of fused-ring (bicyclic) bond motifs is 3. The predicted molar refractivity (Wildman–Crippen MR) is 68.3 cm³/mol. The highest BCUT2D eigenvalue weighted by Crippen LogP contribution is 2.41. The summed E-state index contributed by atoms with van der Waals surface area (Å²) in [5.74, 6) is 1.11. The Hall–Kier alpha value is -0.800. The number of anilines is 1. The van der Waals surface area contributed by atoms with Gasteiger partial charge in [-0.2, -0.15) is 0 Å². The molecule has 0 unspecified atom stereocenters. The van der Waals surface area contributed by atoms with E-state index in [2.05, 4.69) is 21.3 Å². The molecule has 1 aromatic rings. The molecule has 4 rings (SSSR count). The number of nitrogens with zero attached hydrogens (tertiary/aromatic N) is 2. The highest BCUT2D eigenvalue weighted by atomic mass is 35.5. The highest BCUT2D eigenvalue weighted by molar-refractivity contribution is 6.30. The molecule has 0 aliphatic carbocycles. The quantitative estimate of drug-likeness (QED) is 0.775. The van der Waals surface area contributed by atoms with E-state index in [4.69, 9.17) is 11.6 Å². The number of aromatic nitrogens is 1. The monoisotopic (exact) mass is 249 g/mol. The predicted octanol–water partition coefficient (Wildman–Crippen LogP) is 2.47. The summed E-state index contributed by atoms with van der Waals surface area (Å²) in [5.41, 5.74) is 2.54.